The maximum absolute atomic E-state index is 12.2. The Labute approximate surface area is 120 Å². The third kappa shape index (κ3) is 3.50. The van der Waals surface area contributed by atoms with E-state index in [0.29, 0.717) is 12.2 Å². The number of carbonyl (C=O) groups is 1. The van der Waals surface area contributed by atoms with Gasteiger partial charge in [-0.05, 0) is 31.2 Å². The molecule has 0 unspecified atom stereocenters. The summed E-state index contributed by atoms with van der Waals surface area (Å²) in [6, 6.07) is 7.44. The molecule has 0 atom stereocenters. The first-order chi connectivity index (χ1) is 10.1. The number of carbonyl (C=O) groups excluding carboxylic acids is 1. The van der Waals surface area contributed by atoms with Gasteiger partial charge in [0.2, 0.25) is 0 Å². The molecule has 0 aliphatic rings. The fourth-order valence-electron chi connectivity index (χ4n) is 1.74. The molecule has 0 saturated carbocycles. The number of anilines is 2. The van der Waals surface area contributed by atoms with Gasteiger partial charge in [0.25, 0.3) is 11.6 Å². The SMILES string of the molecule is CCNc1ccc([N+](=O)[O-])c(C(=O)Nc2cccnn2)c1. The van der Waals surface area contributed by atoms with Crippen LogP contribution in [0.1, 0.15) is 17.3 Å². The minimum Gasteiger partial charge on any atom is -0.385 e. The lowest BCUT2D eigenvalue weighted by molar-refractivity contribution is -0.385. The number of rotatable bonds is 5. The van der Waals surface area contributed by atoms with Gasteiger partial charge in [0.1, 0.15) is 5.56 Å². The molecule has 2 aromatic rings. The highest BCUT2D eigenvalue weighted by atomic mass is 16.6. The molecule has 0 radical (unpaired) electrons. The van der Waals surface area contributed by atoms with Crippen molar-refractivity contribution in [2.24, 2.45) is 0 Å². The van der Waals surface area contributed by atoms with Crippen molar-refractivity contribution in [1.82, 2.24) is 10.2 Å². The fraction of sp³-hybridized carbons (Fsp3) is 0.154. The smallest absolute Gasteiger partial charge is 0.282 e. The predicted molar refractivity (Wildman–Crippen MR) is 77.2 cm³/mol. The molecule has 0 aliphatic carbocycles. The fourth-order valence-corrected chi connectivity index (χ4v) is 1.74. The van der Waals surface area contributed by atoms with Crippen LogP contribution in [0.25, 0.3) is 0 Å². The molecule has 1 amide bonds. The Bertz CT molecular complexity index is 660. The second-order valence-corrected chi connectivity index (χ2v) is 4.08. The van der Waals surface area contributed by atoms with Crippen molar-refractivity contribution in [2.45, 2.75) is 6.92 Å². The standard InChI is InChI=1S/C13H13N5O3/c1-2-14-9-5-6-11(18(20)21)10(8-9)13(19)16-12-4-3-7-15-17-12/h3-8,14H,2H2,1H3,(H,16,17,19). The van der Waals surface area contributed by atoms with Crippen LogP contribution in [0.5, 0.6) is 0 Å². The van der Waals surface area contributed by atoms with E-state index in [1.54, 1.807) is 18.2 Å². The van der Waals surface area contributed by atoms with Crippen molar-refractivity contribution in [1.29, 1.82) is 0 Å². The van der Waals surface area contributed by atoms with Crippen LogP contribution in [0.2, 0.25) is 0 Å². The number of aromatic nitrogens is 2. The summed E-state index contributed by atoms with van der Waals surface area (Å²) in [4.78, 5) is 22.6. The zero-order chi connectivity index (χ0) is 15.2. The van der Waals surface area contributed by atoms with Gasteiger partial charge >= 0.3 is 0 Å². The van der Waals surface area contributed by atoms with Crippen LogP contribution < -0.4 is 10.6 Å². The lowest BCUT2D eigenvalue weighted by Gasteiger charge is -2.07. The number of amides is 1. The van der Waals surface area contributed by atoms with Gasteiger partial charge in [-0.3, -0.25) is 14.9 Å². The lowest BCUT2D eigenvalue weighted by Crippen LogP contribution is -2.15. The number of nitro groups is 1. The largest absolute Gasteiger partial charge is 0.385 e. The second-order valence-electron chi connectivity index (χ2n) is 4.08. The van der Waals surface area contributed by atoms with Crippen LogP contribution in [-0.4, -0.2) is 27.6 Å². The molecule has 0 aliphatic heterocycles. The summed E-state index contributed by atoms with van der Waals surface area (Å²) in [6.45, 7) is 2.53. The van der Waals surface area contributed by atoms with Crippen molar-refractivity contribution in [3.05, 3.63) is 52.2 Å². The maximum Gasteiger partial charge on any atom is 0.282 e. The number of hydrogen-bond donors (Lipinski definition) is 2. The normalized spacial score (nSPS) is 9.95. The third-order valence-corrected chi connectivity index (χ3v) is 2.63. The zero-order valence-electron chi connectivity index (χ0n) is 11.2. The van der Waals surface area contributed by atoms with E-state index in [4.69, 9.17) is 0 Å². The van der Waals surface area contributed by atoms with Gasteiger partial charge in [-0.1, -0.05) is 0 Å². The number of nitrogens with zero attached hydrogens (tertiary/aromatic N) is 3. The van der Waals surface area contributed by atoms with E-state index in [1.807, 2.05) is 6.92 Å². The van der Waals surface area contributed by atoms with Crippen molar-refractivity contribution in [2.75, 3.05) is 17.2 Å². The molecule has 0 fully saturated rings. The number of nitrogens with one attached hydrogen (secondary N) is 2. The second kappa shape index (κ2) is 6.42. The molecule has 0 spiro atoms. The Morgan fingerprint density at radius 1 is 1.38 bits per heavy atom. The molecule has 8 heteroatoms. The number of benzene rings is 1. The summed E-state index contributed by atoms with van der Waals surface area (Å²) >= 11 is 0. The highest BCUT2D eigenvalue weighted by Gasteiger charge is 2.21. The highest BCUT2D eigenvalue weighted by molar-refractivity contribution is 6.07. The Balaban J connectivity index is 2.33. The van der Waals surface area contributed by atoms with Crippen molar-refractivity contribution < 1.29 is 9.72 Å². The van der Waals surface area contributed by atoms with Crippen LogP contribution >= 0.6 is 0 Å². The molecule has 1 heterocycles. The maximum atomic E-state index is 12.2. The third-order valence-electron chi connectivity index (χ3n) is 2.63. The van der Waals surface area contributed by atoms with Crippen LogP contribution in [0.4, 0.5) is 17.2 Å². The Hall–Kier alpha value is -3.03. The summed E-state index contributed by atoms with van der Waals surface area (Å²) in [5.41, 5.74) is 0.328. The minimum atomic E-state index is -0.609. The van der Waals surface area contributed by atoms with Crippen molar-refractivity contribution in [3.8, 4) is 0 Å². The topological polar surface area (TPSA) is 110 Å². The summed E-state index contributed by atoms with van der Waals surface area (Å²) in [7, 11) is 0. The van der Waals surface area contributed by atoms with E-state index in [2.05, 4.69) is 20.8 Å². The van der Waals surface area contributed by atoms with Gasteiger partial charge < -0.3 is 10.6 Å². The zero-order valence-corrected chi connectivity index (χ0v) is 11.2. The van der Waals surface area contributed by atoms with E-state index in [9.17, 15) is 14.9 Å². The Morgan fingerprint density at radius 3 is 2.81 bits per heavy atom. The number of hydrogen-bond acceptors (Lipinski definition) is 6. The lowest BCUT2D eigenvalue weighted by atomic mass is 10.1. The monoisotopic (exact) mass is 287 g/mol. The van der Waals surface area contributed by atoms with Crippen LogP contribution in [0.3, 0.4) is 0 Å². The van der Waals surface area contributed by atoms with Gasteiger partial charge in [0.05, 0.1) is 4.92 Å². The van der Waals surface area contributed by atoms with Crippen molar-refractivity contribution >= 4 is 23.1 Å². The average Bonchev–Trinajstić information content (AvgIpc) is 2.48. The van der Waals surface area contributed by atoms with Gasteiger partial charge in [0.15, 0.2) is 5.82 Å². The van der Waals surface area contributed by atoms with E-state index in [0.717, 1.165) is 0 Å². The van der Waals surface area contributed by atoms with Gasteiger partial charge in [-0.15, -0.1) is 5.10 Å². The molecule has 2 rings (SSSR count). The van der Waals surface area contributed by atoms with Gasteiger partial charge in [-0.2, -0.15) is 5.10 Å². The van der Waals surface area contributed by atoms with Crippen LogP contribution in [0.15, 0.2) is 36.5 Å². The van der Waals surface area contributed by atoms with Gasteiger partial charge in [-0.25, -0.2) is 0 Å². The van der Waals surface area contributed by atoms with E-state index in [-0.39, 0.29) is 17.1 Å². The van der Waals surface area contributed by atoms with Gasteiger partial charge in [0, 0.05) is 24.5 Å². The molecule has 21 heavy (non-hydrogen) atoms. The quantitative estimate of drug-likeness (QED) is 0.643. The first-order valence-electron chi connectivity index (χ1n) is 6.23. The van der Waals surface area contributed by atoms with E-state index in [1.165, 1.54) is 18.3 Å². The molecule has 8 nitrogen and oxygen atoms in total. The predicted octanol–water partition coefficient (Wildman–Crippen LogP) is 2.07. The van der Waals surface area contributed by atoms with Crippen LogP contribution in [0, 0.1) is 10.1 Å². The molecule has 2 N–H and O–H groups in total. The molecule has 1 aromatic carbocycles. The molecule has 108 valence electrons. The van der Waals surface area contributed by atoms with E-state index >= 15 is 0 Å². The minimum absolute atomic E-state index is 0.0379. The first-order valence-corrected chi connectivity index (χ1v) is 6.23. The molecular formula is C13H13N5O3. The first kappa shape index (κ1) is 14.4. The summed E-state index contributed by atoms with van der Waals surface area (Å²) < 4.78 is 0. The summed E-state index contributed by atoms with van der Waals surface area (Å²) in [5, 5.41) is 23.8. The summed E-state index contributed by atoms with van der Waals surface area (Å²) in [5.74, 6) is -0.382. The van der Waals surface area contributed by atoms with Crippen LogP contribution in [-0.2, 0) is 0 Å². The van der Waals surface area contributed by atoms with E-state index < -0.39 is 10.8 Å². The Morgan fingerprint density at radius 2 is 2.19 bits per heavy atom. The summed E-state index contributed by atoms with van der Waals surface area (Å²) in [6.07, 6.45) is 1.46. The highest BCUT2D eigenvalue weighted by Crippen LogP contribution is 2.23. The molecule has 0 saturated heterocycles. The molecule has 1 aromatic heterocycles. The number of nitro benzene ring substituents is 1. The van der Waals surface area contributed by atoms with Crippen molar-refractivity contribution in [3.63, 3.8) is 0 Å². The average molecular weight is 287 g/mol. The molecule has 0 bridgehead atoms. The Kier molecular flexibility index (Phi) is 4.39. The molecular weight excluding hydrogens is 274 g/mol.